The Balaban J connectivity index is 2.54. The van der Waals surface area contributed by atoms with Gasteiger partial charge in [0.2, 0.25) is 0 Å². The molecule has 0 unspecified atom stereocenters. The fourth-order valence-corrected chi connectivity index (χ4v) is 2.44. The lowest BCUT2D eigenvalue weighted by Crippen LogP contribution is -1.99. The van der Waals surface area contributed by atoms with Crippen LogP contribution in [0.5, 0.6) is 0 Å². The predicted octanol–water partition coefficient (Wildman–Crippen LogP) is 4.05. The summed E-state index contributed by atoms with van der Waals surface area (Å²) in [7, 11) is 0. The van der Waals surface area contributed by atoms with Crippen LogP contribution in [-0.2, 0) is 0 Å². The molecule has 19 heavy (non-hydrogen) atoms. The Morgan fingerprint density at radius 1 is 1.21 bits per heavy atom. The van der Waals surface area contributed by atoms with Gasteiger partial charge in [-0.25, -0.2) is 9.78 Å². The van der Waals surface area contributed by atoms with Crippen molar-refractivity contribution in [3.05, 3.63) is 52.5 Å². The summed E-state index contributed by atoms with van der Waals surface area (Å²) < 4.78 is 0. The molecule has 0 saturated heterocycles. The molecule has 0 bridgehead atoms. The summed E-state index contributed by atoms with van der Waals surface area (Å²) in [4.78, 5) is 15.8. The normalized spacial score (nSPS) is 11.1. The third-order valence-corrected chi connectivity index (χ3v) is 3.52. The van der Waals surface area contributed by atoms with Crippen LogP contribution < -0.4 is 0 Å². The molecule has 3 rings (SSSR count). The average molecular weight is 272 g/mol. The standard InChI is InChI=1S/C15H10ClNO2/c1-8-3-2-4-9-7-11-12(16)6-5-10(15(18)19)14(11)17-13(8)9/h2-7H,1H3,(H,18,19). The summed E-state index contributed by atoms with van der Waals surface area (Å²) in [6, 6.07) is 10.8. The van der Waals surface area contributed by atoms with E-state index in [2.05, 4.69) is 4.98 Å². The maximum absolute atomic E-state index is 11.3. The summed E-state index contributed by atoms with van der Waals surface area (Å²) in [5, 5.41) is 11.4. The van der Waals surface area contributed by atoms with Gasteiger partial charge < -0.3 is 5.11 Å². The van der Waals surface area contributed by atoms with Crippen LogP contribution in [0.25, 0.3) is 21.8 Å². The molecule has 3 nitrogen and oxygen atoms in total. The van der Waals surface area contributed by atoms with Gasteiger partial charge in [0.25, 0.3) is 0 Å². The van der Waals surface area contributed by atoms with Gasteiger partial charge in [0, 0.05) is 10.8 Å². The number of nitrogens with zero attached hydrogens (tertiary/aromatic N) is 1. The largest absolute Gasteiger partial charge is 0.478 e. The number of halogens is 1. The highest BCUT2D eigenvalue weighted by Crippen LogP contribution is 2.29. The number of aromatic carboxylic acids is 1. The van der Waals surface area contributed by atoms with Crippen LogP contribution in [0.15, 0.2) is 36.4 Å². The fraction of sp³-hybridized carbons (Fsp3) is 0.0667. The highest BCUT2D eigenvalue weighted by Gasteiger charge is 2.13. The van der Waals surface area contributed by atoms with Crippen molar-refractivity contribution >= 4 is 39.4 Å². The second-order valence-electron chi connectivity index (χ2n) is 4.43. The molecule has 0 aliphatic rings. The molecule has 0 saturated carbocycles. The number of carboxylic acid groups (broad SMARTS) is 1. The number of aryl methyl sites for hydroxylation is 1. The van der Waals surface area contributed by atoms with Crippen LogP contribution in [0.2, 0.25) is 5.02 Å². The zero-order valence-electron chi connectivity index (χ0n) is 10.1. The predicted molar refractivity (Wildman–Crippen MR) is 76.0 cm³/mol. The molecule has 1 heterocycles. The van der Waals surface area contributed by atoms with E-state index in [0.29, 0.717) is 15.9 Å². The van der Waals surface area contributed by atoms with E-state index in [9.17, 15) is 9.90 Å². The Bertz CT molecular complexity index is 827. The number of benzene rings is 2. The van der Waals surface area contributed by atoms with Crippen LogP contribution in [0, 0.1) is 6.92 Å². The topological polar surface area (TPSA) is 50.2 Å². The number of fused-ring (bicyclic) bond motifs is 2. The minimum absolute atomic E-state index is 0.171. The zero-order valence-corrected chi connectivity index (χ0v) is 10.9. The second kappa shape index (κ2) is 4.21. The monoisotopic (exact) mass is 271 g/mol. The van der Waals surface area contributed by atoms with Crippen molar-refractivity contribution in [2.45, 2.75) is 6.92 Å². The average Bonchev–Trinajstić information content (AvgIpc) is 2.38. The molecule has 4 heteroatoms. The zero-order chi connectivity index (χ0) is 13.6. The molecule has 1 N–H and O–H groups in total. The van der Waals surface area contributed by atoms with E-state index in [-0.39, 0.29) is 5.56 Å². The van der Waals surface area contributed by atoms with Gasteiger partial charge in [0.1, 0.15) is 0 Å². The van der Waals surface area contributed by atoms with E-state index in [0.717, 1.165) is 16.5 Å². The molecule has 0 radical (unpaired) electrons. The van der Waals surface area contributed by atoms with Crippen molar-refractivity contribution in [1.82, 2.24) is 4.98 Å². The van der Waals surface area contributed by atoms with Crippen molar-refractivity contribution in [3.8, 4) is 0 Å². The fourth-order valence-electron chi connectivity index (χ4n) is 2.23. The quantitative estimate of drug-likeness (QED) is 0.679. The lowest BCUT2D eigenvalue weighted by Gasteiger charge is -2.07. The van der Waals surface area contributed by atoms with E-state index < -0.39 is 5.97 Å². The Kier molecular flexibility index (Phi) is 2.64. The first-order chi connectivity index (χ1) is 9.08. The molecular formula is C15H10ClNO2. The Morgan fingerprint density at radius 3 is 2.74 bits per heavy atom. The molecule has 0 amide bonds. The Labute approximate surface area is 114 Å². The van der Waals surface area contributed by atoms with Crippen LogP contribution in [0.3, 0.4) is 0 Å². The van der Waals surface area contributed by atoms with Gasteiger partial charge in [-0.2, -0.15) is 0 Å². The third kappa shape index (κ3) is 1.83. The molecule has 0 atom stereocenters. The molecule has 3 aromatic rings. The van der Waals surface area contributed by atoms with Crippen LogP contribution >= 0.6 is 11.6 Å². The Hall–Kier alpha value is -2.13. The van der Waals surface area contributed by atoms with Gasteiger partial charge in [-0.05, 0) is 30.7 Å². The number of carboxylic acids is 1. The lowest BCUT2D eigenvalue weighted by atomic mass is 10.0. The van der Waals surface area contributed by atoms with Crippen molar-refractivity contribution in [2.75, 3.05) is 0 Å². The van der Waals surface area contributed by atoms with Crippen LogP contribution in [0.4, 0.5) is 0 Å². The summed E-state index contributed by atoms with van der Waals surface area (Å²) in [6.07, 6.45) is 0. The van der Waals surface area contributed by atoms with Crippen molar-refractivity contribution in [3.63, 3.8) is 0 Å². The minimum Gasteiger partial charge on any atom is -0.478 e. The SMILES string of the molecule is Cc1cccc2cc3c(Cl)ccc(C(=O)O)c3nc12. The smallest absolute Gasteiger partial charge is 0.337 e. The highest BCUT2D eigenvalue weighted by molar-refractivity contribution is 6.36. The maximum Gasteiger partial charge on any atom is 0.337 e. The van der Waals surface area contributed by atoms with E-state index in [1.54, 1.807) is 6.07 Å². The number of para-hydroxylation sites is 1. The molecule has 0 aliphatic carbocycles. The van der Waals surface area contributed by atoms with Gasteiger partial charge in [-0.15, -0.1) is 0 Å². The first-order valence-electron chi connectivity index (χ1n) is 5.80. The number of pyridine rings is 1. The van der Waals surface area contributed by atoms with Crippen LogP contribution in [0.1, 0.15) is 15.9 Å². The molecule has 1 aromatic heterocycles. The van der Waals surface area contributed by atoms with Gasteiger partial charge in [0.15, 0.2) is 0 Å². The van der Waals surface area contributed by atoms with Crippen molar-refractivity contribution in [1.29, 1.82) is 0 Å². The van der Waals surface area contributed by atoms with Gasteiger partial charge >= 0.3 is 5.97 Å². The first kappa shape index (κ1) is 11.9. The third-order valence-electron chi connectivity index (χ3n) is 3.19. The van der Waals surface area contributed by atoms with E-state index in [1.807, 2.05) is 31.2 Å². The summed E-state index contributed by atoms with van der Waals surface area (Å²) >= 11 is 6.14. The molecule has 94 valence electrons. The maximum atomic E-state index is 11.3. The minimum atomic E-state index is -0.998. The molecule has 0 fully saturated rings. The van der Waals surface area contributed by atoms with Gasteiger partial charge in [-0.1, -0.05) is 29.8 Å². The molecule has 2 aromatic carbocycles. The first-order valence-corrected chi connectivity index (χ1v) is 6.17. The number of carbonyl (C=O) groups is 1. The molecular weight excluding hydrogens is 262 g/mol. The molecule has 0 spiro atoms. The van der Waals surface area contributed by atoms with Crippen LogP contribution in [-0.4, -0.2) is 16.1 Å². The summed E-state index contributed by atoms with van der Waals surface area (Å²) in [6.45, 7) is 1.95. The number of aromatic nitrogens is 1. The lowest BCUT2D eigenvalue weighted by molar-refractivity contribution is 0.0699. The van der Waals surface area contributed by atoms with Gasteiger partial charge in [-0.3, -0.25) is 0 Å². The van der Waals surface area contributed by atoms with Gasteiger partial charge in [0.05, 0.1) is 21.6 Å². The van der Waals surface area contributed by atoms with Crippen molar-refractivity contribution < 1.29 is 9.90 Å². The second-order valence-corrected chi connectivity index (χ2v) is 4.84. The highest BCUT2D eigenvalue weighted by atomic mass is 35.5. The van der Waals surface area contributed by atoms with Crippen molar-refractivity contribution in [2.24, 2.45) is 0 Å². The Morgan fingerprint density at radius 2 is 2.00 bits per heavy atom. The number of hydrogen-bond acceptors (Lipinski definition) is 2. The van der Waals surface area contributed by atoms with E-state index in [4.69, 9.17) is 11.6 Å². The molecule has 0 aliphatic heterocycles. The number of hydrogen-bond donors (Lipinski definition) is 1. The van der Waals surface area contributed by atoms with E-state index in [1.165, 1.54) is 6.07 Å². The number of rotatable bonds is 1. The van der Waals surface area contributed by atoms with E-state index >= 15 is 0 Å². The summed E-state index contributed by atoms with van der Waals surface area (Å²) in [5.41, 5.74) is 2.42. The summed E-state index contributed by atoms with van der Waals surface area (Å²) in [5.74, 6) is -0.998.